The lowest BCUT2D eigenvalue weighted by molar-refractivity contribution is -0.144. The predicted molar refractivity (Wildman–Crippen MR) is 73.3 cm³/mol. The van der Waals surface area contributed by atoms with E-state index in [1.807, 2.05) is 18.7 Å². The lowest BCUT2D eigenvalue weighted by Crippen LogP contribution is -2.40. The number of methoxy groups -OCH3 is 1. The maximum absolute atomic E-state index is 13.8. The zero-order valence-corrected chi connectivity index (χ0v) is 12.0. The molecule has 110 valence electrons. The van der Waals surface area contributed by atoms with Gasteiger partial charge in [-0.15, -0.1) is 0 Å². The first-order chi connectivity index (χ1) is 9.45. The van der Waals surface area contributed by atoms with Crippen molar-refractivity contribution in [3.05, 3.63) is 29.6 Å². The summed E-state index contributed by atoms with van der Waals surface area (Å²) in [6, 6.07) is 4.15. The van der Waals surface area contributed by atoms with Gasteiger partial charge in [-0.1, -0.05) is 13.0 Å². The van der Waals surface area contributed by atoms with Gasteiger partial charge >= 0.3 is 5.97 Å². The molecule has 4 nitrogen and oxygen atoms in total. The Morgan fingerprint density at radius 3 is 2.80 bits per heavy atom. The summed E-state index contributed by atoms with van der Waals surface area (Å²) in [5.41, 5.74) is 0.767. The van der Waals surface area contributed by atoms with Crippen molar-refractivity contribution in [2.24, 2.45) is 5.92 Å². The highest BCUT2D eigenvalue weighted by molar-refractivity contribution is 5.74. The van der Waals surface area contributed by atoms with E-state index in [2.05, 4.69) is 0 Å². The maximum Gasteiger partial charge on any atom is 0.321 e. The van der Waals surface area contributed by atoms with E-state index in [1.54, 1.807) is 12.1 Å². The third-order valence-electron chi connectivity index (χ3n) is 4.15. The molecule has 5 heteroatoms. The van der Waals surface area contributed by atoms with E-state index in [1.165, 1.54) is 13.2 Å². The summed E-state index contributed by atoms with van der Waals surface area (Å²) in [6.07, 6.45) is 0.847. The van der Waals surface area contributed by atoms with Crippen LogP contribution in [0, 0.1) is 11.7 Å². The van der Waals surface area contributed by atoms with Crippen molar-refractivity contribution in [1.29, 1.82) is 0 Å². The minimum absolute atomic E-state index is 0.109. The van der Waals surface area contributed by atoms with E-state index in [0.29, 0.717) is 6.54 Å². The van der Waals surface area contributed by atoms with Gasteiger partial charge in [0.25, 0.3) is 0 Å². The maximum atomic E-state index is 13.8. The fraction of sp³-hybridized carbons (Fsp3) is 0.533. The van der Waals surface area contributed by atoms with Crippen LogP contribution in [0.3, 0.4) is 0 Å². The minimum Gasteiger partial charge on any atom is -0.494 e. The Bertz CT molecular complexity index is 506. The number of halogens is 1. The quantitative estimate of drug-likeness (QED) is 0.922. The Morgan fingerprint density at radius 2 is 2.25 bits per heavy atom. The molecule has 1 aromatic carbocycles. The Morgan fingerprint density at radius 1 is 1.55 bits per heavy atom. The number of carbonyl (C=O) groups is 1. The van der Waals surface area contributed by atoms with Crippen molar-refractivity contribution in [2.75, 3.05) is 13.7 Å². The van der Waals surface area contributed by atoms with Crippen molar-refractivity contribution in [3.63, 3.8) is 0 Å². The highest BCUT2D eigenvalue weighted by Gasteiger charge is 2.39. The number of nitrogens with zero attached hydrogens (tertiary/aromatic N) is 1. The Labute approximate surface area is 118 Å². The molecule has 0 radical (unpaired) electrons. The second-order valence-electron chi connectivity index (χ2n) is 5.36. The number of aliphatic carboxylic acids is 1. The molecule has 1 heterocycles. The van der Waals surface area contributed by atoms with Gasteiger partial charge in [0.2, 0.25) is 0 Å². The molecule has 0 amide bonds. The Hall–Kier alpha value is -1.62. The molecule has 1 aliphatic rings. The predicted octanol–water partition coefficient (Wildman–Crippen LogP) is 2.69. The van der Waals surface area contributed by atoms with E-state index in [0.717, 1.165) is 12.0 Å². The standard InChI is InChI=1S/C15H20FNO3/c1-9-6-7-17(14(9)15(18)19)10(2)11-4-5-13(20-3)12(16)8-11/h4-5,8-10,14H,6-7H2,1-3H3,(H,18,19). The van der Waals surface area contributed by atoms with Crippen LogP contribution in [-0.4, -0.2) is 35.7 Å². The lowest BCUT2D eigenvalue weighted by atomic mass is 10.0. The number of benzene rings is 1. The summed E-state index contributed by atoms with van der Waals surface area (Å²) in [5.74, 6) is -0.921. The molecule has 0 spiro atoms. The van der Waals surface area contributed by atoms with Gasteiger partial charge in [-0.3, -0.25) is 9.69 Å². The first-order valence-electron chi connectivity index (χ1n) is 6.77. The van der Waals surface area contributed by atoms with Crippen molar-refractivity contribution in [2.45, 2.75) is 32.4 Å². The van der Waals surface area contributed by atoms with Gasteiger partial charge in [-0.2, -0.15) is 0 Å². The number of carboxylic acid groups (broad SMARTS) is 1. The topological polar surface area (TPSA) is 49.8 Å². The van der Waals surface area contributed by atoms with Gasteiger partial charge in [0.05, 0.1) is 7.11 Å². The first kappa shape index (κ1) is 14.8. The van der Waals surface area contributed by atoms with Gasteiger partial charge < -0.3 is 9.84 Å². The van der Waals surface area contributed by atoms with Crippen LogP contribution in [0.1, 0.15) is 31.9 Å². The second-order valence-corrected chi connectivity index (χ2v) is 5.36. The van der Waals surface area contributed by atoms with E-state index in [4.69, 9.17) is 4.74 Å². The van der Waals surface area contributed by atoms with E-state index in [-0.39, 0.29) is 17.7 Å². The number of rotatable bonds is 4. The average molecular weight is 281 g/mol. The Kier molecular flexibility index (Phi) is 4.28. The number of hydrogen-bond acceptors (Lipinski definition) is 3. The summed E-state index contributed by atoms with van der Waals surface area (Å²) in [6.45, 7) is 4.57. The van der Waals surface area contributed by atoms with Crippen molar-refractivity contribution in [1.82, 2.24) is 4.90 Å². The van der Waals surface area contributed by atoms with Crippen LogP contribution in [0.2, 0.25) is 0 Å². The molecular weight excluding hydrogens is 261 g/mol. The molecule has 2 rings (SSSR count). The zero-order valence-electron chi connectivity index (χ0n) is 12.0. The molecule has 1 fully saturated rings. The van der Waals surface area contributed by atoms with E-state index in [9.17, 15) is 14.3 Å². The summed E-state index contributed by atoms with van der Waals surface area (Å²) in [7, 11) is 1.42. The van der Waals surface area contributed by atoms with Crippen molar-refractivity contribution < 1.29 is 19.0 Å². The van der Waals surface area contributed by atoms with Gasteiger partial charge in [0.1, 0.15) is 6.04 Å². The number of carboxylic acids is 1. The van der Waals surface area contributed by atoms with Crippen LogP contribution >= 0.6 is 0 Å². The molecule has 0 saturated carbocycles. The minimum atomic E-state index is -0.809. The van der Waals surface area contributed by atoms with Crippen LogP contribution in [0.4, 0.5) is 4.39 Å². The molecule has 1 aliphatic heterocycles. The van der Waals surface area contributed by atoms with Gasteiger partial charge in [0.15, 0.2) is 11.6 Å². The normalized spacial score (nSPS) is 24.6. The van der Waals surface area contributed by atoms with Crippen LogP contribution in [-0.2, 0) is 4.79 Å². The number of hydrogen-bond donors (Lipinski definition) is 1. The van der Waals surface area contributed by atoms with Gasteiger partial charge in [-0.25, -0.2) is 4.39 Å². The lowest BCUT2D eigenvalue weighted by Gasteiger charge is -2.30. The fourth-order valence-corrected chi connectivity index (χ4v) is 2.93. The highest BCUT2D eigenvalue weighted by atomic mass is 19.1. The SMILES string of the molecule is COc1ccc(C(C)N2CCC(C)C2C(=O)O)cc1F. The largest absolute Gasteiger partial charge is 0.494 e. The van der Waals surface area contributed by atoms with Crippen LogP contribution in [0.25, 0.3) is 0 Å². The smallest absolute Gasteiger partial charge is 0.321 e. The third kappa shape index (κ3) is 2.63. The summed E-state index contributed by atoms with van der Waals surface area (Å²) >= 11 is 0. The van der Waals surface area contributed by atoms with Gasteiger partial charge in [0, 0.05) is 6.04 Å². The number of ether oxygens (including phenoxy) is 1. The second kappa shape index (κ2) is 5.79. The molecule has 20 heavy (non-hydrogen) atoms. The molecule has 0 aromatic heterocycles. The fourth-order valence-electron chi connectivity index (χ4n) is 2.93. The third-order valence-corrected chi connectivity index (χ3v) is 4.15. The average Bonchev–Trinajstić information content (AvgIpc) is 2.79. The molecular formula is C15H20FNO3. The van der Waals surface area contributed by atoms with Crippen molar-refractivity contribution in [3.8, 4) is 5.75 Å². The summed E-state index contributed by atoms with van der Waals surface area (Å²) in [5, 5.41) is 9.35. The molecule has 0 bridgehead atoms. The number of likely N-dealkylation sites (tertiary alicyclic amines) is 1. The van der Waals surface area contributed by atoms with Crippen LogP contribution < -0.4 is 4.74 Å². The molecule has 1 N–H and O–H groups in total. The van der Waals surface area contributed by atoms with Crippen molar-refractivity contribution >= 4 is 5.97 Å². The highest BCUT2D eigenvalue weighted by Crippen LogP contribution is 2.33. The summed E-state index contributed by atoms with van der Waals surface area (Å²) in [4.78, 5) is 13.3. The molecule has 3 unspecified atom stereocenters. The van der Waals surface area contributed by atoms with E-state index >= 15 is 0 Å². The molecule has 3 atom stereocenters. The molecule has 1 saturated heterocycles. The van der Waals surface area contributed by atoms with Crippen LogP contribution in [0.5, 0.6) is 5.75 Å². The van der Waals surface area contributed by atoms with Crippen LogP contribution in [0.15, 0.2) is 18.2 Å². The zero-order chi connectivity index (χ0) is 14.9. The molecule has 1 aromatic rings. The summed E-state index contributed by atoms with van der Waals surface area (Å²) < 4.78 is 18.7. The molecule has 0 aliphatic carbocycles. The monoisotopic (exact) mass is 281 g/mol. The van der Waals surface area contributed by atoms with E-state index < -0.39 is 17.8 Å². The van der Waals surface area contributed by atoms with Gasteiger partial charge in [-0.05, 0) is 43.5 Å². The first-order valence-corrected chi connectivity index (χ1v) is 6.77. The Balaban J connectivity index is 2.24.